The van der Waals surface area contributed by atoms with Gasteiger partial charge in [0, 0.05) is 37.6 Å². The lowest BCUT2D eigenvalue weighted by Gasteiger charge is -2.07. The van der Waals surface area contributed by atoms with Gasteiger partial charge in [-0.2, -0.15) is 5.10 Å². The number of hydrogen-bond acceptors (Lipinski definition) is 5. The molecule has 7 nitrogen and oxygen atoms in total. The van der Waals surface area contributed by atoms with Crippen molar-refractivity contribution in [3.05, 3.63) is 78.2 Å². The van der Waals surface area contributed by atoms with E-state index in [1.165, 1.54) is 5.56 Å². The molecule has 1 aliphatic rings. The number of pyridine rings is 1. The van der Waals surface area contributed by atoms with E-state index in [-0.39, 0.29) is 12.0 Å². The fourth-order valence-electron chi connectivity index (χ4n) is 2.89. The molecule has 1 aliphatic heterocycles. The molecule has 0 radical (unpaired) electrons. The first kappa shape index (κ1) is 17.0. The van der Waals surface area contributed by atoms with E-state index in [0.717, 1.165) is 18.5 Å². The van der Waals surface area contributed by atoms with E-state index in [1.807, 2.05) is 48.7 Å². The smallest absolute Gasteiger partial charge is 0.274 e. The predicted octanol–water partition coefficient (Wildman–Crippen LogP) is 2.98. The lowest BCUT2D eigenvalue weighted by molar-refractivity contribution is -0.110. The second-order valence-corrected chi connectivity index (χ2v) is 6.27. The van der Waals surface area contributed by atoms with Crippen LogP contribution in [0.3, 0.4) is 0 Å². The molecule has 0 saturated carbocycles. The zero-order valence-corrected chi connectivity index (χ0v) is 14.7. The number of benzene rings is 1. The minimum Gasteiger partial charge on any atom is -0.387 e. The van der Waals surface area contributed by atoms with Gasteiger partial charge in [0.1, 0.15) is 5.71 Å². The summed E-state index contributed by atoms with van der Waals surface area (Å²) in [6, 6.07) is 15.5. The molecule has 3 aromatic rings. The van der Waals surface area contributed by atoms with Crippen molar-refractivity contribution in [3.63, 3.8) is 0 Å². The Bertz CT molecular complexity index is 937. The molecule has 0 bridgehead atoms. The quantitative estimate of drug-likeness (QED) is 0.732. The second kappa shape index (κ2) is 7.82. The Morgan fingerprint density at radius 3 is 2.78 bits per heavy atom. The molecule has 3 heterocycles. The van der Waals surface area contributed by atoms with E-state index in [2.05, 4.69) is 20.6 Å². The van der Waals surface area contributed by atoms with E-state index in [9.17, 15) is 4.79 Å². The molecular weight excluding hydrogens is 342 g/mol. The largest absolute Gasteiger partial charge is 0.387 e. The molecule has 1 unspecified atom stereocenters. The minimum atomic E-state index is -0.284. The Hall–Kier alpha value is -3.48. The molecule has 1 amide bonds. The van der Waals surface area contributed by atoms with Gasteiger partial charge >= 0.3 is 0 Å². The van der Waals surface area contributed by atoms with Gasteiger partial charge in [0.05, 0.1) is 0 Å². The normalized spacial score (nSPS) is 15.9. The van der Waals surface area contributed by atoms with Crippen LogP contribution in [0.5, 0.6) is 0 Å². The highest BCUT2D eigenvalue weighted by molar-refractivity contribution is 6.43. The first-order chi connectivity index (χ1) is 13.3. The molecular formula is C20H19N5O2. The summed E-state index contributed by atoms with van der Waals surface area (Å²) in [5.41, 5.74) is 2.56. The topological polar surface area (TPSA) is 81.4 Å². The number of nitrogens with zero attached hydrogens (tertiary/aromatic N) is 4. The zero-order chi connectivity index (χ0) is 18.5. The van der Waals surface area contributed by atoms with Gasteiger partial charge in [-0.15, -0.1) is 0 Å². The third-order valence-corrected chi connectivity index (χ3v) is 4.36. The number of rotatable bonds is 6. The number of aryl methyl sites for hydroxylation is 2. The van der Waals surface area contributed by atoms with Crippen LogP contribution in [-0.4, -0.2) is 26.4 Å². The van der Waals surface area contributed by atoms with E-state index in [4.69, 9.17) is 4.84 Å². The fourth-order valence-corrected chi connectivity index (χ4v) is 2.89. The summed E-state index contributed by atoms with van der Waals surface area (Å²) in [6.45, 7) is 0.722. The summed E-state index contributed by atoms with van der Waals surface area (Å²) in [7, 11) is 0. The van der Waals surface area contributed by atoms with E-state index in [1.54, 1.807) is 23.1 Å². The van der Waals surface area contributed by atoms with Crippen molar-refractivity contribution in [2.75, 3.05) is 5.32 Å². The predicted molar refractivity (Wildman–Crippen MR) is 101 cm³/mol. The van der Waals surface area contributed by atoms with Gasteiger partial charge < -0.3 is 10.2 Å². The van der Waals surface area contributed by atoms with Crippen molar-refractivity contribution >= 4 is 17.4 Å². The summed E-state index contributed by atoms with van der Waals surface area (Å²) in [4.78, 5) is 21.8. The summed E-state index contributed by atoms with van der Waals surface area (Å²) in [5, 5.41) is 11.1. The van der Waals surface area contributed by atoms with Crippen molar-refractivity contribution in [1.29, 1.82) is 0 Å². The van der Waals surface area contributed by atoms with Crippen molar-refractivity contribution in [3.8, 4) is 0 Å². The Morgan fingerprint density at radius 1 is 1.15 bits per heavy atom. The van der Waals surface area contributed by atoms with Gasteiger partial charge in [-0.25, -0.2) is 0 Å². The summed E-state index contributed by atoms with van der Waals surface area (Å²) in [5.74, 6) is 0.216. The third-order valence-electron chi connectivity index (χ3n) is 4.36. The SMILES string of the molecule is O=C(Nc1ccn(CCc2ccncc2)n1)C1=NOC(c2ccccc2)C1. The second-order valence-electron chi connectivity index (χ2n) is 6.27. The van der Waals surface area contributed by atoms with Gasteiger partial charge in [0.2, 0.25) is 0 Å². The van der Waals surface area contributed by atoms with Crippen LogP contribution < -0.4 is 5.32 Å². The Balaban J connectivity index is 1.31. The lowest BCUT2D eigenvalue weighted by Crippen LogP contribution is -2.22. The van der Waals surface area contributed by atoms with E-state index < -0.39 is 0 Å². The highest BCUT2D eigenvalue weighted by atomic mass is 16.6. The highest BCUT2D eigenvalue weighted by Gasteiger charge is 2.27. The number of carbonyl (C=O) groups is 1. The van der Waals surface area contributed by atoms with Crippen LogP contribution in [-0.2, 0) is 22.6 Å². The summed E-state index contributed by atoms with van der Waals surface area (Å²) in [6.07, 6.45) is 6.46. The molecule has 1 atom stereocenters. The maximum atomic E-state index is 12.4. The average molecular weight is 361 g/mol. The summed E-state index contributed by atoms with van der Waals surface area (Å²) >= 11 is 0. The van der Waals surface area contributed by atoms with Gasteiger partial charge in [0.15, 0.2) is 11.9 Å². The van der Waals surface area contributed by atoms with Crippen LogP contribution in [0.25, 0.3) is 0 Å². The lowest BCUT2D eigenvalue weighted by atomic mass is 10.0. The van der Waals surface area contributed by atoms with Gasteiger partial charge in [0.25, 0.3) is 5.91 Å². The molecule has 27 heavy (non-hydrogen) atoms. The van der Waals surface area contributed by atoms with Crippen LogP contribution >= 0.6 is 0 Å². The zero-order valence-electron chi connectivity index (χ0n) is 14.7. The number of amides is 1. The molecule has 0 saturated heterocycles. The maximum Gasteiger partial charge on any atom is 0.274 e. The van der Waals surface area contributed by atoms with Gasteiger partial charge in [-0.05, 0) is 29.7 Å². The molecule has 1 aromatic carbocycles. The number of oxime groups is 1. The molecule has 0 fully saturated rings. The summed E-state index contributed by atoms with van der Waals surface area (Å²) < 4.78 is 1.80. The number of carbonyl (C=O) groups excluding carboxylic acids is 1. The standard InChI is InChI=1S/C20H19N5O2/c26-20(17-14-18(27-24-17)16-4-2-1-3-5-16)22-19-9-13-25(23-19)12-8-15-6-10-21-11-7-15/h1-7,9-11,13,18H,8,12,14H2,(H,22,23,26). The number of anilines is 1. The number of nitrogens with one attached hydrogen (secondary N) is 1. The number of aromatic nitrogens is 3. The molecule has 1 N–H and O–H groups in total. The molecule has 0 aliphatic carbocycles. The van der Waals surface area contributed by atoms with Gasteiger partial charge in [-0.1, -0.05) is 35.5 Å². The first-order valence-electron chi connectivity index (χ1n) is 8.79. The Kier molecular flexibility index (Phi) is 4.91. The fraction of sp³-hybridized carbons (Fsp3) is 0.200. The van der Waals surface area contributed by atoms with Crippen LogP contribution in [0, 0.1) is 0 Å². The van der Waals surface area contributed by atoms with Crippen LogP contribution in [0.4, 0.5) is 5.82 Å². The molecule has 7 heteroatoms. The Labute approximate surface area is 156 Å². The minimum absolute atomic E-state index is 0.218. The molecule has 4 rings (SSSR count). The van der Waals surface area contributed by atoms with Crippen molar-refractivity contribution in [1.82, 2.24) is 14.8 Å². The van der Waals surface area contributed by atoms with Crippen molar-refractivity contribution < 1.29 is 9.63 Å². The first-order valence-corrected chi connectivity index (χ1v) is 8.79. The van der Waals surface area contributed by atoms with Crippen LogP contribution in [0.1, 0.15) is 23.7 Å². The van der Waals surface area contributed by atoms with Crippen molar-refractivity contribution in [2.45, 2.75) is 25.5 Å². The molecule has 136 valence electrons. The monoisotopic (exact) mass is 361 g/mol. The Morgan fingerprint density at radius 2 is 1.96 bits per heavy atom. The van der Waals surface area contributed by atoms with Crippen molar-refractivity contribution in [2.24, 2.45) is 5.16 Å². The highest BCUT2D eigenvalue weighted by Crippen LogP contribution is 2.27. The van der Waals surface area contributed by atoms with Crippen LogP contribution in [0.15, 0.2) is 72.3 Å². The number of hydrogen-bond donors (Lipinski definition) is 1. The van der Waals surface area contributed by atoms with Crippen LogP contribution in [0.2, 0.25) is 0 Å². The maximum absolute atomic E-state index is 12.4. The van der Waals surface area contributed by atoms with Gasteiger partial charge in [-0.3, -0.25) is 14.5 Å². The van der Waals surface area contributed by atoms with E-state index >= 15 is 0 Å². The third kappa shape index (κ3) is 4.20. The van der Waals surface area contributed by atoms with E-state index in [0.29, 0.717) is 18.0 Å². The molecule has 0 spiro atoms. The average Bonchev–Trinajstić information content (AvgIpc) is 3.38. The molecule has 2 aromatic heterocycles.